The van der Waals surface area contributed by atoms with E-state index in [-0.39, 0.29) is 24.4 Å². The first-order valence-electron chi connectivity index (χ1n) is 7.65. The van der Waals surface area contributed by atoms with Crippen molar-refractivity contribution in [3.8, 4) is 0 Å². The van der Waals surface area contributed by atoms with Crippen LogP contribution in [0.3, 0.4) is 0 Å². The third-order valence-corrected chi connectivity index (χ3v) is 3.13. The average Bonchev–Trinajstić information content (AvgIpc) is 2.49. The number of anilines is 2. The fourth-order valence-corrected chi connectivity index (χ4v) is 2.12. The molecule has 24 heavy (non-hydrogen) atoms. The van der Waals surface area contributed by atoms with E-state index < -0.39 is 5.82 Å². The molecular formula is C18H20FN3O2. The molecule has 3 amide bonds. The van der Waals surface area contributed by atoms with Crippen molar-refractivity contribution >= 4 is 23.3 Å². The van der Waals surface area contributed by atoms with Crippen LogP contribution in [0.5, 0.6) is 0 Å². The molecule has 0 atom stereocenters. The molecule has 0 unspecified atom stereocenters. The highest BCUT2D eigenvalue weighted by molar-refractivity contribution is 5.94. The zero-order chi connectivity index (χ0) is 17.5. The van der Waals surface area contributed by atoms with Crippen molar-refractivity contribution in [1.82, 2.24) is 5.32 Å². The lowest BCUT2D eigenvalue weighted by molar-refractivity contribution is -0.115. The number of carbonyl (C=O) groups excluding carboxylic acids is 2. The molecule has 0 aliphatic heterocycles. The van der Waals surface area contributed by atoms with E-state index in [1.54, 1.807) is 42.5 Å². The molecule has 126 valence electrons. The number of hydrogen-bond donors (Lipinski definition) is 3. The van der Waals surface area contributed by atoms with Gasteiger partial charge in [0.1, 0.15) is 5.82 Å². The van der Waals surface area contributed by atoms with Gasteiger partial charge >= 0.3 is 6.03 Å². The molecule has 3 N–H and O–H groups in total. The summed E-state index contributed by atoms with van der Waals surface area (Å²) in [7, 11) is 0. The van der Waals surface area contributed by atoms with Crippen LogP contribution in [0.4, 0.5) is 20.6 Å². The van der Waals surface area contributed by atoms with Crippen LogP contribution in [0.25, 0.3) is 0 Å². The van der Waals surface area contributed by atoms with Crippen molar-refractivity contribution in [1.29, 1.82) is 0 Å². The zero-order valence-electron chi connectivity index (χ0n) is 13.6. The van der Waals surface area contributed by atoms with Gasteiger partial charge in [-0.2, -0.15) is 0 Å². The molecule has 0 aliphatic carbocycles. The summed E-state index contributed by atoms with van der Waals surface area (Å²) in [5.41, 5.74) is 1.41. The number of halogens is 1. The Morgan fingerprint density at radius 2 is 1.67 bits per heavy atom. The molecule has 6 heteroatoms. The van der Waals surface area contributed by atoms with Crippen LogP contribution in [0, 0.1) is 5.82 Å². The molecule has 0 radical (unpaired) electrons. The van der Waals surface area contributed by atoms with Crippen LogP contribution in [-0.2, 0) is 11.2 Å². The molecular weight excluding hydrogens is 309 g/mol. The fourth-order valence-electron chi connectivity index (χ4n) is 2.12. The van der Waals surface area contributed by atoms with Crippen molar-refractivity contribution in [2.75, 3.05) is 10.6 Å². The van der Waals surface area contributed by atoms with Gasteiger partial charge in [-0.15, -0.1) is 0 Å². The third-order valence-electron chi connectivity index (χ3n) is 3.13. The minimum absolute atomic E-state index is 0.0219. The van der Waals surface area contributed by atoms with Crippen LogP contribution in [-0.4, -0.2) is 18.0 Å². The van der Waals surface area contributed by atoms with Gasteiger partial charge in [0.15, 0.2) is 0 Å². The number of rotatable bonds is 5. The van der Waals surface area contributed by atoms with Gasteiger partial charge in [0, 0.05) is 17.4 Å². The second-order valence-electron chi connectivity index (χ2n) is 5.65. The summed E-state index contributed by atoms with van der Waals surface area (Å²) in [6.45, 7) is 3.72. The molecule has 0 heterocycles. The van der Waals surface area contributed by atoms with Crippen LogP contribution in [0.15, 0.2) is 48.5 Å². The number of nitrogens with one attached hydrogen (secondary N) is 3. The van der Waals surface area contributed by atoms with E-state index in [1.807, 2.05) is 13.8 Å². The Morgan fingerprint density at radius 3 is 2.33 bits per heavy atom. The smallest absolute Gasteiger partial charge is 0.319 e. The van der Waals surface area contributed by atoms with E-state index in [1.165, 1.54) is 6.07 Å². The number of benzene rings is 2. The first-order valence-corrected chi connectivity index (χ1v) is 7.65. The molecule has 0 fully saturated rings. The molecule has 0 saturated heterocycles. The van der Waals surface area contributed by atoms with E-state index in [4.69, 9.17) is 0 Å². The molecule has 2 aromatic rings. The van der Waals surface area contributed by atoms with Gasteiger partial charge in [0.25, 0.3) is 0 Å². The Balaban J connectivity index is 1.97. The van der Waals surface area contributed by atoms with E-state index in [9.17, 15) is 14.0 Å². The number of hydrogen-bond acceptors (Lipinski definition) is 2. The summed E-state index contributed by atoms with van der Waals surface area (Å²) in [6.07, 6.45) is -0.0574. The third kappa shape index (κ3) is 5.39. The van der Waals surface area contributed by atoms with E-state index >= 15 is 0 Å². The second-order valence-corrected chi connectivity index (χ2v) is 5.65. The highest BCUT2D eigenvalue weighted by Gasteiger charge is 2.09. The predicted octanol–water partition coefficient (Wildman–Crippen LogP) is 3.54. The van der Waals surface area contributed by atoms with Crippen LogP contribution in [0.1, 0.15) is 19.4 Å². The van der Waals surface area contributed by atoms with Crippen LogP contribution in [0.2, 0.25) is 0 Å². The second kappa shape index (κ2) is 8.10. The fraction of sp³-hybridized carbons (Fsp3) is 0.222. The average molecular weight is 329 g/mol. The molecule has 2 rings (SSSR count). The summed E-state index contributed by atoms with van der Waals surface area (Å²) in [4.78, 5) is 23.7. The standard InChI is InChI=1S/C18H20FN3O2/c1-12(2)20-18(24)22-15-8-5-7-14(11-15)21-17(23)10-13-6-3-4-9-16(13)19/h3-9,11-12H,10H2,1-2H3,(H,21,23)(H2,20,22,24). The van der Waals surface area contributed by atoms with Gasteiger partial charge in [-0.1, -0.05) is 24.3 Å². The number of urea groups is 1. The Kier molecular flexibility index (Phi) is 5.89. The maximum Gasteiger partial charge on any atom is 0.319 e. The normalized spacial score (nSPS) is 10.3. The lowest BCUT2D eigenvalue weighted by Crippen LogP contribution is -2.34. The zero-order valence-corrected chi connectivity index (χ0v) is 13.6. The molecule has 0 spiro atoms. The number of amides is 3. The summed E-state index contributed by atoms with van der Waals surface area (Å²) in [5, 5.41) is 8.09. The summed E-state index contributed by atoms with van der Waals surface area (Å²) in [6, 6.07) is 12.6. The minimum atomic E-state index is -0.409. The lowest BCUT2D eigenvalue weighted by Gasteiger charge is -2.11. The molecule has 5 nitrogen and oxygen atoms in total. The summed E-state index contributed by atoms with van der Waals surface area (Å²) >= 11 is 0. The first-order chi connectivity index (χ1) is 11.4. The molecule has 0 aliphatic rings. The molecule has 0 saturated carbocycles. The van der Waals surface area contributed by atoms with Gasteiger partial charge in [-0.3, -0.25) is 4.79 Å². The quantitative estimate of drug-likeness (QED) is 0.785. The maximum atomic E-state index is 13.6. The predicted molar refractivity (Wildman–Crippen MR) is 92.5 cm³/mol. The monoisotopic (exact) mass is 329 g/mol. The van der Waals surface area contributed by atoms with Crippen molar-refractivity contribution in [2.24, 2.45) is 0 Å². The lowest BCUT2D eigenvalue weighted by atomic mass is 10.1. The highest BCUT2D eigenvalue weighted by Crippen LogP contribution is 2.16. The van der Waals surface area contributed by atoms with E-state index in [2.05, 4.69) is 16.0 Å². The Hall–Kier alpha value is -2.89. The van der Waals surface area contributed by atoms with E-state index in [0.717, 1.165) is 0 Å². The van der Waals surface area contributed by atoms with Gasteiger partial charge < -0.3 is 16.0 Å². The van der Waals surface area contributed by atoms with Crippen LogP contribution >= 0.6 is 0 Å². The Labute approximate surface area is 140 Å². The van der Waals surface area contributed by atoms with Gasteiger partial charge in [0.05, 0.1) is 6.42 Å². The maximum absolute atomic E-state index is 13.6. The van der Waals surface area contributed by atoms with Crippen LogP contribution < -0.4 is 16.0 Å². The van der Waals surface area contributed by atoms with Crippen molar-refractivity contribution in [2.45, 2.75) is 26.3 Å². The topological polar surface area (TPSA) is 70.2 Å². The van der Waals surface area contributed by atoms with Gasteiger partial charge in [-0.25, -0.2) is 9.18 Å². The largest absolute Gasteiger partial charge is 0.336 e. The summed E-state index contributed by atoms with van der Waals surface area (Å²) in [5.74, 6) is -0.739. The Morgan fingerprint density at radius 1 is 1.00 bits per heavy atom. The van der Waals surface area contributed by atoms with Gasteiger partial charge in [0.2, 0.25) is 5.91 Å². The molecule has 0 bridgehead atoms. The molecule has 2 aromatic carbocycles. The van der Waals surface area contributed by atoms with E-state index in [0.29, 0.717) is 16.9 Å². The Bertz CT molecular complexity index is 732. The van der Waals surface area contributed by atoms with Crippen molar-refractivity contribution in [3.05, 3.63) is 59.9 Å². The minimum Gasteiger partial charge on any atom is -0.336 e. The molecule has 0 aromatic heterocycles. The number of carbonyl (C=O) groups is 2. The SMILES string of the molecule is CC(C)NC(=O)Nc1cccc(NC(=O)Cc2ccccc2F)c1. The first kappa shape index (κ1) is 17.5. The summed E-state index contributed by atoms with van der Waals surface area (Å²) < 4.78 is 13.6. The van der Waals surface area contributed by atoms with Gasteiger partial charge in [-0.05, 0) is 43.7 Å². The van der Waals surface area contributed by atoms with Crippen molar-refractivity contribution in [3.63, 3.8) is 0 Å². The van der Waals surface area contributed by atoms with Crippen molar-refractivity contribution < 1.29 is 14.0 Å². The highest BCUT2D eigenvalue weighted by atomic mass is 19.1.